The molecule has 5 nitrogen and oxygen atoms in total. The second-order valence-electron chi connectivity index (χ2n) is 5.91. The molecule has 0 spiro atoms. The van der Waals surface area contributed by atoms with E-state index in [1.807, 2.05) is 54.6 Å². The van der Waals surface area contributed by atoms with Crippen LogP contribution < -0.4 is 0 Å². The first kappa shape index (κ1) is 15.0. The summed E-state index contributed by atoms with van der Waals surface area (Å²) in [5, 5.41) is 29.2. The summed E-state index contributed by atoms with van der Waals surface area (Å²) in [7, 11) is 1.77. The third-order valence-electron chi connectivity index (χ3n) is 4.55. The number of para-hydroxylation sites is 1. The molecule has 3 aromatic rings. The molecule has 0 bridgehead atoms. The van der Waals surface area contributed by atoms with Gasteiger partial charge in [-0.3, -0.25) is 5.41 Å². The van der Waals surface area contributed by atoms with Gasteiger partial charge in [-0.25, -0.2) is 0 Å². The van der Waals surface area contributed by atoms with Gasteiger partial charge in [0.05, 0.1) is 11.1 Å². The molecule has 25 heavy (non-hydrogen) atoms. The van der Waals surface area contributed by atoms with Crippen LogP contribution in [0.25, 0.3) is 16.5 Å². The normalized spacial score (nSPS) is 17.0. The zero-order valence-electron chi connectivity index (χ0n) is 13.5. The maximum absolute atomic E-state index is 10.7. The maximum atomic E-state index is 10.7. The van der Waals surface area contributed by atoms with Gasteiger partial charge in [0, 0.05) is 18.0 Å². The minimum Gasteiger partial charge on any atom is -0.494 e. The monoisotopic (exact) mass is 329 g/mol. The lowest BCUT2D eigenvalue weighted by atomic mass is 9.92. The van der Waals surface area contributed by atoms with Crippen molar-refractivity contribution < 1.29 is 9.84 Å². The van der Waals surface area contributed by atoms with Crippen LogP contribution in [0.5, 0.6) is 5.88 Å². The van der Waals surface area contributed by atoms with Crippen molar-refractivity contribution in [3.05, 3.63) is 71.3 Å². The average molecular weight is 329 g/mol. The van der Waals surface area contributed by atoms with Crippen molar-refractivity contribution in [2.75, 3.05) is 0 Å². The summed E-state index contributed by atoms with van der Waals surface area (Å²) < 4.78 is 7.37. The third-order valence-corrected chi connectivity index (χ3v) is 4.55. The summed E-state index contributed by atoms with van der Waals surface area (Å²) in [5.41, 5.74) is 2.92. The first-order valence-electron chi connectivity index (χ1n) is 7.85. The fourth-order valence-corrected chi connectivity index (χ4v) is 3.36. The molecular weight excluding hydrogens is 314 g/mol. The van der Waals surface area contributed by atoms with Crippen molar-refractivity contribution in [1.82, 2.24) is 4.57 Å². The summed E-state index contributed by atoms with van der Waals surface area (Å²) in [4.78, 5) is 0. The number of aryl methyl sites for hydroxylation is 1. The van der Waals surface area contributed by atoms with Gasteiger partial charge in [0.25, 0.3) is 0 Å². The van der Waals surface area contributed by atoms with Crippen LogP contribution in [-0.4, -0.2) is 15.6 Å². The molecule has 4 rings (SSSR count). The molecule has 0 saturated heterocycles. The predicted octanol–water partition coefficient (Wildman–Crippen LogP) is 3.91. The van der Waals surface area contributed by atoms with Gasteiger partial charge in [-0.05, 0) is 11.6 Å². The number of fused-ring (bicyclic) bond motifs is 1. The van der Waals surface area contributed by atoms with Crippen molar-refractivity contribution in [2.45, 2.75) is 6.10 Å². The van der Waals surface area contributed by atoms with Gasteiger partial charge in [-0.15, -0.1) is 0 Å². The van der Waals surface area contributed by atoms with Crippen LogP contribution in [-0.2, 0) is 11.8 Å². The van der Waals surface area contributed by atoms with Crippen LogP contribution in [0.2, 0.25) is 0 Å². The standard InChI is InChI=1S/C20H15N3O2/c1-23-15-10-6-5-9-13(15)17(20(23)24)16-14(11-21)19(22)25-18(16)12-7-3-2-4-8-12/h2-10,18,22,24H,1H3. The van der Waals surface area contributed by atoms with Crippen molar-refractivity contribution in [1.29, 1.82) is 10.7 Å². The Balaban J connectivity index is 2.05. The number of aromatic hydroxyl groups is 1. The molecular formula is C20H15N3O2. The molecule has 1 aliphatic rings. The topological polar surface area (TPSA) is 82.0 Å². The molecule has 0 amide bonds. The number of hydrogen-bond donors (Lipinski definition) is 2. The lowest BCUT2D eigenvalue weighted by Crippen LogP contribution is -2.02. The molecule has 1 aliphatic heterocycles. The molecule has 122 valence electrons. The second kappa shape index (κ2) is 5.53. The van der Waals surface area contributed by atoms with Crippen LogP contribution in [0.3, 0.4) is 0 Å². The Hall–Kier alpha value is -3.52. The lowest BCUT2D eigenvalue weighted by Gasteiger charge is -2.15. The molecule has 1 unspecified atom stereocenters. The van der Waals surface area contributed by atoms with E-state index < -0.39 is 6.10 Å². The average Bonchev–Trinajstić information content (AvgIpc) is 3.10. The van der Waals surface area contributed by atoms with Gasteiger partial charge in [0.1, 0.15) is 11.6 Å². The van der Waals surface area contributed by atoms with Crippen molar-refractivity contribution in [2.24, 2.45) is 7.05 Å². The second-order valence-corrected chi connectivity index (χ2v) is 5.91. The Bertz CT molecular complexity index is 1070. The van der Waals surface area contributed by atoms with Gasteiger partial charge in [0.15, 0.2) is 12.0 Å². The van der Waals surface area contributed by atoms with E-state index in [2.05, 4.69) is 6.07 Å². The molecule has 0 aliphatic carbocycles. The number of rotatable bonds is 2. The third kappa shape index (κ3) is 2.12. The quantitative estimate of drug-likeness (QED) is 0.748. The zero-order chi connectivity index (χ0) is 17.6. The molecule has 1 atom stereocenters. The Kier molecular flexibility index (Phi) is 3.33. The summed E-state index contributed by atoms with van der Waals surface area (Å²) >= 11 is 0. The molecule has 0 fully saturated rings. The van der Waals surface area contributed by atoms with E-state index in [4.69, 9.17) is 10.1 Å². The van der Waals surface area contributed by atoms with Crippen LogP contribution in [0, 0.1) is 16.7 Å². The smallest absolute Gasteiger partial charge is 0.225 e. The highest BCUT2D eigenvalue weighted by atomic mass is 16.5. The number of nitrogens with one attached hydrogen (secondary N) is 1. The summed E-state index contributed by atoms with van der Waals surface area (Å²) in [5.74, 6) is -0.109. The summed E-state index contributed by atoms with van der Waals surface area (Å²) in [6.07, 6.45) is -0.597. The fourth-order valence-electron chi connectivity index (χ4n) is 3.36. The van der Waals surface area contributed by atoms with Gasteiger partial charge in [-0.1, -0.05) is 48.5 Å². The summed E-state index contributed by atoms with van der Waals surface area (Å²) in [6.45, 7) is 0. The van der Waals surface area contributed by atoms with Crippen LogP contribution >= 0.6 is 0 Å². The highest BCUT2D eigenvalue weighted by Crippen LogP contribution is 2.47. The first-order valence-corrected chi connectivity index (χ1v) is 7.85. The fraction of sp³-hybridized carbons (Fsp3) is 0.100. The van der Waals surface area contributed by atoms with Crippen molar-refractivity contribution >= 4 is 22.4 Å². The minimum atomic E-state index is -0.597. The van der Waals surface area contributed by atoms with E-state index in [-0.39, 0.29) is 17.4 Å². The number of benzene rings is 2. The predicted molar refractivity (Wildman–Crippen MR) is 95.1 cm³/mol. The van der Waals surface area contributed by atoms with Crippen LogP contribution in [0.1, 0.15) is 17.2 Å². The van der Waals surface area contributed by atoms with Crippen LogP contribution in [0.4, 0.5) is 0 Å². The highest BCUT2D eigenvalue weighted by Gasteiger charge is 2.37. The van der Waals surface area contributed by atoms with Crippen molar-refractivity contribution in [3.8, 4) is 11.9 Å². The van der Waals surface area contributed by atoms with E-state index >= 15 is 0 Å². The number of nitrogens with zero attached hydrogens (tertiary/aromatic N) is 2. The molecule has 0 radical (unpaired) electrons. The number of hydrogen-bond acceptors (Lipinski definition) is 4. The molecule has 2 N–H and O–H groups in total. The van der Waals surface area contributed by atoms with Crippen molar-refractivity contribution in [3.63, 3.8) is 0 Å². The van der Waals surface area contributed by atoms with E-state index in [1.165, 1.54) is 0 Å². The highest BCUT2D eigenvalue weighted by molar-refractivity contribution is 6.12. The van der Waals surface area contributed by atoms with Gasteiger partial charge in [-0.2, -0.15) is 5.26 Å². The number of aromatic nitrogens is 1. The van der Waals surface area contributed by atoms with Gasteiger partial charge in [0.2, 0.25) is 5.90 Å². The summed E-state index contributed by atoms with van der Waals surface area (Å²) in [6, 6.07) is 19.1. The van der Waals surface area contributed by atoms with Gasteiger partial charge < -0.3 is 14.4 Å². The molecule has 5 heteroatoms. The Morgan fingerprint density at radius 1 is 1.12 bits per heavy atom. The molecule has 0 saturated carbocycles. The number of ether oxygens (including phenoxy) is 1. The largest absolute Gasteiger partial charge is 0.494 e. The lowest BCUT2D eigenvalue weighted by molar-refractivity contribution is 0.262. The maximum Gasteiger partial charge on any atom is 0.225 e. The van der Waals surface area contributed by atoms with E-state index in [9.17, 15) is 10.4 Å². The van der Waals surface area contributed by atoms with E-state index in [1.54, 1.807) is 11.6 Å². The Morgan fingerprint density at radius 3 is 2.52 bits per heavy atom. The van der Waals surface area contributed by atoms with Gasteiger partial charge >= 0.3 is 0 Å². The SMILES string of the molecule is Cn1c(O)c(C2=C(C#N)C(=N)OC2c2ccccc2)c2ccccc21. The molecule has 2 heterocycles. The minimum absolute atomic E-state index is 0.0585. The molecule has 2 aromatic carbocycles. The molecule has 1 aromatic heterocycles. The van der Waals surface area contributed by atoms with Crippen LogP contribution in [0.15, 0.2) is 60.2 Å². The Morgan fingerprint density at radius 2 is 1.80 bits per heavy atom. The number of nitriles is 1. The van der Waals surface area contributed by atoms with E-state index in [0.717, 1.165) is 16.5 Å². The Labute approximate surface area is 144 Å². The van der Waals surface area contributed by atoms with E-state index in [0.29, 0.717) is 11.1 Å². The zero-order valence-corrected chi connectivity index (χ0v) is 13.5. The first-order chi connectivity index (χ1) is 12.1.